The van der Waals surface area contributed by atoms with Crippen LogP contribution in [-0.4, -0.2) is 34.7 Å². The van der Waals surface area contributed by atoms with Crippen molar-refractivity contribution in [1.29, 1.82) is 0 Å². The number of hydrogen-bond acceptors (Lipinski definition) is 3. The molecule has 0 saturated carbocycles. The maximum atomic E-state index is 5.10. The standard InChI is InChI=1S/C15H19N3O/c1-19-15-7-6-13(11-16-15)18-10-4-5-14(18)12-17-8-2-3-9-17/h4-7,10-11H,2-3,8-9,12H2,1H3. The van der Waals surface area contributed by atoms with Gasteiger partial charge in [0.05, 0.1) is 19.0 Å². The van der Waals surface area contributed by atoms with E-state index in [-0.39, 0.29) is 0 Å². The summed E-state index contributed by atoms with van der Waals surface area (Å²) in [4.78, 5) is 6.77. The van der Waals surface area contributed by atoms with Gasteiger partial charge < -0.3 is 9.30 Å². The molecule has 0 aromatic carbocycles. The fraction of sp³-hybridized carbons (Fsp3) is 0.400. The zero-order valence-corrected chi connectivity index (χ0v) is 11.2. The monoisotopic (exact) mass is 257 g/mol. The SMILES string of the molecule is COc1ccc(-n2cccc2CN2CCCC2)cn1. The molecule has 0 unspecified atom stereocenters. The Bertz CT molecular complexity index is 527. The van der Waals surface area contributed by atoms with Gasteiger partial charge in [-0.25, -0.2) is 4.98 Å². The lowest BCUT2D eigenvalue weighted by Gasteiger charge is -2.16. The van der Waals surface area contributed by atoms with Gasteiger partial charge in [-0.2, -0.15) is 0 Å². The Morgan fingerprint density at radius 3 is 2.74 bits per heavy atom. The van der Waals surface area contributed by atoms with Gasteiger partial charge in [0.2, 0.25) is 5.88 Å². The maximum Gasteiger partial charge on any atom is 0.213 e. The first-order valence-electron chi connectivity index (χ1n) is 6.76. The molecule has 4 heteroatoms. The van der Waals surface area contributed by atoms with Crippen molar-refractivity contribution in [3.63, 3.8) is 0 Å². The number of rotatable bonds is 4. The number of aromatic nitrogens is 2. The normalized spacial score (nSPS) is 15.8. The van der Waals surface area contributed by atoms with Crippen LogP contribution in [0.1, 0.15) is 18.5 Å². The van der Waals surface area contributed by atoms with E-state index in [1.165, 1.54) is 31.6 Å². The highest BCUT2D eigenvalue weighted by Gasteiger charge is 2.14. The van der Waals surface area contributed by atoms with Crippen LogP contribution in [-0.2, 0) is 6.54 Å². The molecule has 1 aliphatic heterocycles. The first-order valence-corrected chi connectivity index (χ1v) is 6.76. The summed E-state index contributed by atoms with van der Waals surface area (Å²) < 4.78 is 7.29. The molecule has 19 heavy (non-hydrogen) atoms. The minimum absolute atomic E-state index is 0.650. The van der Waals surface area contributed by atoms with E-state index < -0.39 is 0 Å². The van der Waals surface area contributed by atoms with Crippen LogP contribution in [0.3, 0.4) is 0 Å². The summed E-state index contributed by atoms with van der Waals surface area (Å²) in [5, 5.41) is 0. The van der Waals surface area contributed by atoms with E-state index in [2.05, 4.69) is 32.8 Å². The molecule has 4 nitrogen and oxygen atoms in total. The largest absolute Gasteiger partial charge is 0.481 e. The fourth-order valence-corrected chi connectivity index (χ4v) is 2.60. The number of pyridine rings is 1. The lowest BCUT2D eigenvalue weighted by molar-refractivity contribution is 0.325. The van der Waals surface area contributed by atoms with E-state index in [9.17, 15) is 0 Å². The Morgan fingerprint density at radius 1 is 1.21 bits per heavy atom. The predicted molar refractivity (Wildman–Crippen MR) is 74.6 cm³/mol. The second-order valence-corrected chi connectivity index (χ2v) is 4.91. The number of hydrogen-bond donors (Lipinski definition) is 0. The molecular weight excluding hydrogens is 238 g/mol. The zero-order valence-electron chi connectivity index (χ0n) is 11.2. The van der Waals surface area contributed by atoms with Gasteiger partial charge in [0.25, 0.3) is 0 Å². The van der Waals surface area contributed by atoms with Crippen molar-refractivity contribution >= 4 is 0 Å². The summed E-state index contributed by atoms with van der Waals surface area (Å²) in [7, 11) is 1.64. The summed E-state index contributed by atoms with van der Waals surface area (Å²) in [5.41, 5.74) is 2.40. The Balaban J connectivity index is 1.81. The quantitative estimate of drug-likeness (QED) is 0.843. The van der Waals surface area contributed by atoms with Gasteiger partial charge in [0.15, 0.2) is 0 Å². The first-order chi connectivity index (χ1) is 9.36. The van der Waals surface area contributed by atoms with Gasteiger partial charge in [-0.1, -0.05) is 0 Å². The first kappa shape index (κ1) is 12.2. The van der Waals surface area contributed by atoms with Crippen molar-refractivity contribution < 1.29 is 4.74 Å². The van der Waals surface area contributed by atoms with Gasteiger partial charge in [0, 0.05) is 24.5 Å². The molecule has 1 saturated heterocycles. The third-order valence-electron chi connectivity index (χ3n) is 3.63. The van der Waals surface area contributed by atoms with Crippen molar-refractivity contribution in [3.05, 3.63) is 42.4 Å². The third-order valence-corrected chi connectivity index (χ3v) is 3.63. The molecule has 0 atom stereocenters. The molecule has 2 aromatic rings. The second kappa shape index (κ2) is 5.45. The van der Waals surface area contributed by atoms with Crippen LogP contribution in [0.2, 0.25) is 0 Å². The van der Waals surface area contributed by atoms with E-state index in [1.807, 2.05) is 18.3 Å². The summed E-state index contributed by atoms with van der Waals surface area (Å²) in [5.74, 6) is 0.650. The van der Waals surface area contributed by atoms with Crippen LogP contribution in [0.5, 0.6) is 5.88 Å². The predicted octanol–water partition coefficient (Wildman–Crippen LogP) is 2.48. The molecule has 100 valence electrons. The maximum absolute atomic E-state index is 5.10. The molecule has 0 bridgehead atoms. The van der Waals surface area contributed by atoms with Crippen LogP contribution in [0, 0.1) is 0 Å². The molecule has 0 amide bonds. The van der Waals surface area contributed by atoms with Gasteiger partial charge in [0.1, 0.15) is 0 Å². The summed E-state index contributed by atoms with van der Waals surface area (Å²) in [6.07, 6.45) is 6.59. The van der Waals surface area contributed by atoms with Gasteiger partial charge in [-0.15, -0.1) is 0 Å². The smallest absolute Gasteiger partial charge is 0.213 e. The third kappa shape index (κ3) is 2.63. The van der Waals surface area contributed by atoms with Gasteiger partial charge >= 0.3 is 0 Å². The highest BCUT2D eigenvalue weighted by Crippen LogP contribution is 2.18. The Morgan fingerprint density at radius 2 is 2.05 bits per heavy atom. The highest BCUT2D eigenvalue weighted by molar-refractivity contribution is 5.34. The lowest BCUT2D eigenvalue weighted by Crippen LogP contribution is -2.20. The molecule has 0 aliphatic carbocycles. The van der Waals surface area contributed by atoms with E-state index in [4.69, 9.17) is 4.74 Å². The number of ether oxygens (including phenoxy) is 1. The van der Waals surface area contributed by atoms with Crippen molar-refractivity contribution in [1.82, 2.24) is 14.5 Å². The van der Waals surface area contributed by atoms with Crippen LogP contribution in [0.4, 0.5) is 0 Å². The minimum Gasteiger partial charge on any atom is -0.481 e. The Hall–Kier alpha value is -1.81. The summed E-state index contributed by atoms with van der Waals surface area (Å²) in [6, 6.07) is 8.21. The molecule has 0 spiro atoms. The average molecular weight is 257 g/mol. The van der Waals surface area contributed by atoms with Crippen LogP contribution in [0.15, 0.2) is 36.7 Å². The topological polar surface area (TPSA) is 30.3 Å². The van der Waals surface area contributed by atoms with E-state index >= 15 is 0 Å². The fourth-order valence-electron chi connectivity index (χ4n) is 2.60. The molecule has 0 N–H and O–H groups in total. The van der Waals surface area contributed by atoms with Crippen molar-refractivity contribution in [2.24, 2.45) is 0 Å². The highest BCUT2D eigenvalue weighted by atomic mass is 16.5. The van der Waals surface area contributed by atoms with Crippen LogP contribution >= 0.6 is 0 Å². The van der Waals surface area contributed by atoms with Crippen molar-refractivity contribution in [2.75, 3.05) is 20.2 Å². The molecular formula is C15H19N3O. The van der Waals surface area contributed by atoms with E-state index in [0.29, 0.717) is 5.88 Å². The van der Waals surface area contributed by atoms with Crippen LogP contribution in [0.25, 0.3) is 5.69 Å². The number of methoxy groups -OCH3 is 1. The lowest BCUT2D eigenvalue weighted by atomic mass is 10.3. The van der Waals surface area contributed by atoms with Crippen LogP contribution < -0.4 is 4.74 Å². The Kier molecular flexibility index (Phi) is 3.51. The molecule has 0 radical (unpaired) electrons. The number of likely N-dealkylation sites (tertiary alicyclic amines) is 1. The Labute approximate surface area is 113 Å². The van der Waals surface area contributed by atoms with Gasteiger partial charge in [-0.05, 0) is 44.1 Å². The summed E-state index contributed by atoms with van der Waals surface area (Å²) in [6.45, 7) is 3.44. The molecule has 3 rings (SSSR count). The second-order valence-electron chi connectivity index (χ2n) is 4.91. The minimum atomic E-state index is 0.650. The number of nitrogens with zero attached hydrogens (tertiary/aromatic N) is 3. The molecule has 3 heterocycles. The van der Waals surface area contributed by atoms with E-state index in [0.717, 1.165) is 12.2 Å². The van der Waals surface area contributed by atoms with Crippen molar-refractivity contribution in [3.8, 4) is 11.6 Å². The van der Waals surface area contributed by atoms with E-state index in [1.54, 1.807) is 7.11 Å². The molecule has 1 fully saturated rings. The van der Waals surface area contributed by atoms with Gasteiger partial charge in [-0.3, -0.25) is 4.90 Å². The van der Waals surface area contributed by atoms with Crippen molar-refractivity contribution in [2.45, 2.75) is 19.4 Å². The summed E-state index contributed by atoms with van der Waals surface area (Å²) >= 11 is 0. The molecule has 1 aliphatic rings. The zero-order chi connectivity index (χ0) is 13.1. The molecule has 2 aromatic heterocycles. The average Bonchev–Trinajstić information content (AvgIpc) is 3.11.